The van der Waals surface area contributed by atoms with Crippen LogP contribution in [-0.4, -0.2) is 5.97 Å². The molecule has 1 saturated carbocycles. The molecule has 0 spiro atoms. The van der Waals surface area contributed by atoms with Crippen LogP contribution < -0.4 is 4.74 Å². The van der Waals surface area contributed by atoms with Crippen LogP contribution in [0.1, 0.15) is 45.6 Å². The van der Waals surface area contributed by atoms with Crippen molar-refractivity contribution in [3.05, 3.63) is 29.8 Å². The number of carbonyl (C=O) groups excluding carboxylic acids is 1. The highest BCUT2D eigenvalue weighted by Crippen LogP contribution is 2.44. The molecule has 19 heavy (non-hydrogen) atoms. The van der Waals surface area contributed by atoms with Gasteiger partial charge in [-0.2, -0.15) is 0 Å². The van der Waals surface area contributed by atoms with Crippen molar-refractivity contribution >= 4 is 5.97 Å². The largest absolute Gasteiger partial charge is 0.426 e. The van der Waals surface area contributed by atoms with E-state index >= 15 is 0 Å². The number of rotatable bonds is 2. The second-order valence-corrected chi connectivity index (χ2v) is 6.57. The lowest BCUT2D eigenvalue weighted by Gasteiger charge is -2.40. The minimum atomic E-state index is -0.0685. The summed E-state index contributed by atoms with van der Waals surface area (Å²) in [6.45, 7) is 8.56. The van der Waals surface area contributed by atoms with Crippen molar-refractivity contribution < 1.29 is 9.53 Å². The van der Waals surface area contributed by atoms with E-state index in [9.17, 15) is 4.79 Å². The minimum absolute atomic E-state index is 0.00236. The molecule has 0 amide bonds. The third-order valence-electron chi connectivity index (χ3n) is 4.38. The first kappa shape index (κ1) is 14.1. The Kier molecular flexibility index (Phi) is 3.98. The Hall–Kier alpha value is -1.31. The molecule has 1 aromatic rings. The molecular weight excluding hydrogens is 236 g/mol. The second-order valence-electron chi connectivity index (χ2n) is 6.57. The molecule has 2 rings (SSSR count). The summed E-state index contributed by atoms with van der Waals surface area (Å²) in [4.78, 5) is 12.5. The maximum absolute atomic E-state index is 12.5. The molecule has 1 aromatic carbocycles. The highest BCUT2D eigenvalue weighted by molar-refractivity contribution is 5.76. The zero-order valence-corrected chi connectivity index (χ0v) is 12.4. The van der Waals surface area contributed by atoms with Gasteiger partial charge in [0.1, 0.15) is 5.75 Å². The van der Waals surface area contributed by atoms with Crippen molar-refractivity contribution in [2.75, 3.05) is 0 Å². The molecule has 2 nitrogen and oxygen atoms in total. The van der Waals surface area contributed by atoms with E-state index in [1.54, 1.807) is 0 Å². The second kappa shape index (κ2) is 5.36. The molecular formula is C17H24O2. The third-order valence-corrected chi connectivity index (χ3v) is 4.38. The highest BCUT2D eigenvalue weighted by atomic mass is 16.5. The van der Waals surface area contributed by atoms with Crippen molar-refractivity contribution in [2.45, 2.75) is 47.0 Å². The van der Waals surface area contributed by atoms with Crippen LogP contribution in [-0.2, 0) is 4.79 Å². The Labute approximate surface area is 116 Å². The molecule has 2 atom stereocenters. The maximum Gasteiger partial charge on any atom is 0.315 e. The number of aryl methyl sites for hydroxylation is 1. The Morgan fingerprint density at radius 2 is 1.89 bits per heavy atom. The van der Waals surface area contributed by atoms with Gasteiger partial charge in [-0.25, -0.2) is 0 Å². The standard InChI is InChI=1S/C17H24O2/c1-12-7-9-14(10-8-12)19-16(18)15-13(2)6-5-11-17(15,3)4/h7-10,13,15H,5-6,11H2,1-4H3/t13?,15-/m1/s1. The summed E-state index contributed by atoms with van der Waals surface area (Å²) in [5, 5.41) is 0. The average Bonchev–Trinajstić information content (AvgIpc) is 2.30. The van der Waals surface area contributed by atoms with Crippen LogP contribution in [0.15, 0.2) is 24.3 Å². The lowest BCUT2D eigenvalue weighted by atomic mass is 9.64. The van der Waals surface area contributed by atoms with Gasteiger partial charge in [0.25, 0.3) is 0 Å². The van der Waals surface area contributed by atoms with E-state index in [-0.39, 0.29) is 17.3 Å². The quantitative estimate of drug-likeness (QED) is 0.583. The van der Waals surface area contributed by atoms with Crippen molar-refractivity contribution in [2.24, 2.45) is 17.3 Å². The number of hydrogen-bond donors (Lipinski definition) is 0. The Morgan fingerprint density at radius 3 is 2.47 bits per heavy atom. The molecule has 0 bridgehead atoms. The van der Waals surface area contributed by atoms with Gasteiger partial charge in [0.15, 0.2) is 0 Å². The summed E-state index contributed by atoms with van der Waals surface area (Å²) in [6.07, 6.45) is 3.44. The van der Waals surface area contributed by atoms with Crippen molar-refractivity contribution in [3.63, 3.8) is 0 Å². The minimum Gasteiger partial charge on any atom is -0.426 e. The van der Waals surface area contributed by atoms with Gasteiger partial charge in [-0.1, -0.05) is 44.9 Å². The predicted molar refractivity (Wildman–Crippen MR) is 77.1 cm³/mol. The van der Waals surface area contributed by atoms with Crippen molar-refractivity contribution in [1.82, 2.24) is 0 Å². The lowest BCUT2D eigenvalue weighted by molar-refractivity contribution is -0.147. The summed E-state index contributed by atoms with van der Waals surface area (Å²) < 4.78 is 5.58. The number of hydrogen-bond acceptors (Lipinski definition) is 2. The molecule has 0 aliphatic heterocycles. The van der Waals surface area contributed by atoms with Crippen molar-refractivity contribution in [3.8, 4) is 5.75 Å². The first-order valence-electron chi connectivity index (χ1n) is 7.18. The molecule has 1 aliphatic carbocycles. The van der Waals surface area contributed by atoms with Crippen molar-refractivity contribution in [1.29, 1.82) is 0 Å². The predicted octanol–water partition coefficient (Wildman–Crippen LogP) is 4.36. The molecule has 0 saturated heterocycles. The molecule has 1 fully saturated rings. The highest BCUT2D eigenvalue weighted by Gasteiger charge is 2.42. The lowest BCUT2D eigenvalue weighted by Crippen LogP contribution is -2.41. The van der Waals surface area contributed by atoms with Gasteiger partial charge in [0, 0.05) is 0 Å². The van der Waals surface area contributed by atoms with Gasteiger partial charge < -0.3 is 4.74 Å². The molecule has 0 heterocycles. The monoisotopic (exact) mass is 260 g/mol. The summed E-state index contributed by atoms with van der Waals surface area (Å²) in [6, 6.07) is 7.68. The maximum atomic E-state index is 12.5. The fraction of sp³-hybridized carbons (Fsp3) is 0.588. The van der Waals surface area contributed by atoms with Crippen LogP contribution in [0.25, 0.3) is 0 Å². The molecule has 1 unspecified atom stereocenters. The SMILES string of the molecule is Cc1ccc(OC(=O)[C@H]2C(C)CCCC2(C)C)cc1. The van der Waals surface area contributed by atoms with Crippen LogP contribution in [0, 0.1) is 24.2 Å². The molecule has 0 radical (unpaired) electrons. The van der Waals surface area contributed by atoms with Crippen LogP contribution in [0.5, 0.6) is 5.75 Å². The van der Waals surface area contributed by atoms with E-state index in [1.165, 1.54) is 12.0 Å². The Morgan fingerprint density at radius 1 is 1.26 bits per heavy atom. The summed E-state index contributed by atoms with van der Waals surface area (Å²) in [7, 11) is 0. The fourth-order valence-electron chi connectivity index (χ4n) is 3.31. The number of carbonyl (C=O) groups is 1. The molecule has 104 valence electrons. The number of esters is 1. The van der Waals surface area contributed by atoms with Gasteiger partial charge in [0.05, 0.1) is 5.92 Å². The zero-order valence-electron chi connectivity index (χ0n) is 12.4. The topological polar surface area (TPSA) is 26.3 Å². The van der Waals surface area contributed by atoms with Crippen LogP contribution >= 0.6 is 0 Å². The first-order chi connectivity index (χ1) is 8.90. The van der Waals surface area contributed by atoms with Gasteiger partial charge in [-0.3, -0.25) is 4.79 Å². The summed E-state index contributed by atoms with van der Waals surface area (Å²) >= 11 is 0. The summed E-state index contributed by atoms with van der Waals surface area (Å²) in [5.41, 5.74) is 1.21. The van der Waals surface area contributed by atoms with E-state index in [4.69, 9.17) is 4.74 Å². The third kappa shape index (κ3) is 3.17. The van der Waals surface area contributed by atoms with E-state index < -0.39 is 0 Å². The number of benzene rings is 1. The van der Waals surface area contributed by atoms with Crippen LogP contribution in [0.3, 0.4) is 0 Å². The summed E-state index contributed by atoms with van der Waals surface area (Å²) in [5.74, 6) is 0.995. The Bertz CT molecular complexity index is 445. The molecule has 0 N–H and O–H groups in total. The molecule has 2 heteroatoms. The van der Waals surface area contributed by atoms with Gasteiger partial charge >= 0.3 is 5.97 Å². The van der Waals surface area contributed by atoms with Crippen LogP contribution in [0.2, 0.25) is 0 Å². The molecule has 1 aliphatic rings. The first-order valence-corrected chi connectivity index (χ1v) is 7.18. The van der Waals surface area contributed by atoms with Crippen LogP contribution in [0.4, 0.5) is 0 Å². The van der Waals surface area contributed by atoms with Gasteiger partial charge in [-0.05, 0) is 43.2 Å². The van der Waals surface area contributed by atoms with Gasteiger partial charge in [-0.15, -0.1) is 0 Å². The van der Waals surface area contributed by atoms with E-state index in [0.29, 0.717) is 11.7 Å². The fourth-order valence-corrected chi connectivity index (χ4v) is 3.31. The normalized spacial score (nSPS) is 25.9. The Balaban J connectivity index is 2.11. The number of ether oxygens (including phenoxy) is 1. The smallest absolute Gasteiger partial charge is 0.315 e. The molecule has 0 aromatic heterocycles. The van der Waals surface area contributed by atoms with E-state index in [2.05, 4.69) is 20.8 Å². The van der Waals surface area contributed by atoms with E-state index in [0.717, 1.165) is 12.8 Å². The van der Waals surface area contributed by atoms with Gasteiger partial charge in [0.2, 0.25) is 0 Å². The zero-order chi connectivity index (χ0) is 14.0. The van der Waals surface area contributed by atoms with E-state index in [1.807, 2.05) is 31.2 Å². The average molecular weight is 260 g/mol.